The smallest absolute Gasteiger partial charge is 0.220 e. The van der Waals surface area contributed by atoms with Gasteiger partial charge in [-0.3, -0.25) is 8.97 Å². The number of hydrogen-bond acceptors (Lipinski definition) is 2. The van der Waals surface area contributed by atoms with Crippen LogP contribution in [0.5, 0.6) is 0 Å². The summed E-state index contributed by atoms with van der Waals surface area (Å²) in [7, 11) is 0. The Labute approximate surface area is 175 Å². The van der Waals surface area contributed by atoms with Crippen LogP contribution in [0.25, 0.3) is 55.5 Å². The van der Waals surface area contributed by atoms with E-state index in [1.807, 2.05) is 54.6 Å². The number of halogens is 1. The molecule has 4 aromatic carbocycles. The number of hydrogen-bond donors (Lipinski definition) is 0. The Bertz CT molecular complexity index is 1770. The standard InChI is InChI=1S/C25H14ClN3O/c26-18-7-5-8-19-24(18)29-21-10-3-2-9-20(21)28(25(29)27-19)15-12-13-23-17(14-15)16-6-1-4-11-22(16)30-23/h1-14H. The molecule has 0 aliphatic carbocycles. The minimum atomic E-state index is 0.694. The zero-order chi connectivity index (χ0) is 19.8. The summed E-state index contributed by atoms with van der Waals surface area (Å²) in [5, 5.41) is 2.89. The van der Waals surface area contributed by atoms with Crippen LogP contribution in [0.1, 0.15) is 0 Å². The van der Waals surface area contributed by atoms with Crippen LogP contribution in [0.4, 0.5) is 0 Å². The highest BCUT2D eigenvalue weighted by Gasteiger charge is 2.19. The lowest BCUT2D eigenvalue weighted by atomic mass is 10.1. The molecule has 0 amide bonds. The molecule has 30 heavy (non-hydrogen) atoms. The average molecular weight is 408 g/mol. The first-order valence-electron chi connectivity index (χ1n) is 9.77. The van der Waals surface area contributed by atoms with Crippen molar-refractivity contribution in [2.45, 2.75) is 0 Å². The van der Waals surface area contributed by atoms with Crippen molar-refractivity contribution in [1.82, 2.24) is 14.0 Å². The first kappa shape index (κ1) is 16.1. The Balaban J connectivity index is 1.66. The largest absolute Gasteiger partial charge is 0.456 e. The molecule has 4 nitrogen and oxygen atoms in total. The molecule has 0 fully saturated rings. The third-order valence-electron chi connectivity index (χ3n) is 5.79. The highest BCUT2D eigenvalue weighted by Crippen LogP contribution is 2.35. The van der Waals surface area contributed by atoms with Crippen LogP contribution in [0.15, 0.2) is 89.3 Å². The first-order chi connectivity index (χ1) is 14.8. The highest BCUT2D eigenvalue weighted by atomic mass is 35.5. The number of furan rings is 1. The van der Waals surface area contributed by atoms with E-state index in [0.717, 1.165) is 55.5 Å². The van der Waals surface area contributed by atoms with E-state index < -0.39 is 0 Å². The van der Waals surface area contributed by atoms with Gasteiger partial charge < -0.3 is 4.42 Å². The Hall–Kier alpha value is -3.76. The Morgan fingerprint density at radius 1 is 0.733 bits per heavy atom. The molecule has 0 atom stereocenters. The normalized spacial score (nSPS) is 12.2. The minimum Gasteiger partial charge on any atom is -0.456 e. The Kier molecular flexibility index (Phi) is 3.03. The van der Waals surface area contributed by atoms with E-state index in [1.165, 1.54) is 0 Å². The van der Waals surface area contributed by atoms with Gasteiger partial charge in [-0.15, -0.1) is 0 Å². The van der Waals surface area contributed by atoms with E-state index in [9.17, 15) is 0 Å². The zero-order valence-electron chi connectivity index (χ0n) is 15.7. The van der Waals surface area contributed by atoms with Gasteiger partial charge in [0.05, 0.1) is 32.8 Å². The summed E-state index contributed by atoms with van der Waals surface area (Å²) >= 11 is 6.58. The van der Waals surface area contributed by atoms with Gasteiger partial charge in [0.15, 0.2) is 0 Å². The SMILES string of the molecule is Clc1cccc2nc3n(-c4ccc5oc6ccccc6c5c4)c4ccccc4n3c12. The second kappa shape index (κ2) is 5.65. The summed E-state index contributed by atoms with van der Waals surface area (Å²) in [6.07, 6.45) is 0. The van der Waals surface area contributed by atoms with Crippen molar-refractivity contribution in [3.05, 3.63) is 90.0 Å². The van der Waals surface area contributed by atoms with Gasteiger partial charge in [-0.1, -0.05) is 48.0 Å². The van der Waals surface area contributed by atoms with Gasteiger partial charge in [-0.2, -0.15) is 0 Å². The van der Waals surface area contributed by atoms with Crippen LogP contribution in [0.2, 0.25) is 5.02 Å². The van der Waals surface area contributed by atoms with Crippen molar-refractivity contribution in [3.63, 3.8) is 0 Å². The fourth-order valence-corrected chi connectivity index (χ4v) is 4.76. The number of para-hydroxylation sites is 4. The minimum absolute atomic E-state index is 0.694. The zero-order valence-corrected chi connectivity index (χ0v) is 16.5. The Morgan fingerprint density at radius 2 is 1.53 bits per heavy atom. The van der Waals surface area contributed by atoms with Crippen LogP contribution in [-0.4, -0.2) is 14.0 Å². The van der Waals surface area contributed by atoms with Gasteiger partial charge in [0.2, 0.25) is 5.78 Å². The molecule has 0 saturated carbocycles. The van der Waals surface area contributed by atoms with E-state index in [2.05, 4.69) is 39.3 Å². The second-order valence-corrected chi connectivity index (χ2v) is 7.86. The average Bonchev–Trinajstić information content (AvgIpc) is 3.42. The lowest BCUT2D eigenvalue weighted by Gasteiger charge is -2.05. The van der Waals surface area contributed by atoms with Crippen LogP contribution in [0, 0.1) is 0 Å². The summed E-state index contributed by atoms with van der Waals surface area (Å²) in [6, 6.07) is 28.6. The maximum Gasteiger partial charge on any atom is 0.220 e. The summed E-state index contributed by atoms with van der Waals surface area (Å²) < 4.78 is 10.3. The molecular weight excluding hydrogens is 394 g/mol. The van der Waals surface area contributed by atoms with E-state index in [0.29, 0.717) is 5.02 Å². The maximum absolute atomic E-state index is 6.58. The van der Waals surface area contributed by atoms with Crippen molar-refractivity contribution >= 4 is 61.4 Å². The summed E-state index contributed by atoms with van der Waals surface area (Å²) in [4.78, 5) is 4.94. The maximum atomic E-state index is 6.58. The van der Waals surface area contributed by atoms with Crippen LogP contribution in [-0.2, 0) is 0 Å². The molecule has 3 aromatic heterocycles. The van der Waals surface area contributed by atoms with Crippen molar-refractivity contribution in [2.75, 3.05) is 0 Å². The molecule has 3 heterocycles. The molecule has 7 aromatic rings. The molecule has 0 aliphatic rings. The second-order valence-electron chi connectivity index (χ2n) is 7.46. The third kappa shape index (κ3) is 1.98. The molecule has 0 bridgehead atoms. The predicted molar refractivity (Wildman–Crippen MR) is 122 cm³/mol. The van der Waals surface area contributed by atoms with Gasteiger partial charge in [-0.05, 0) is 48.5 Å². The number of fused-ring (bicyclic) bond motifs is 8. The molecule has 142 valence electrons. The number of imidazole rings is 2. The topological polar surface area (TPSA) is 35.4 Å². The number of aromatic nitrogens is 3. The summed E-state index contributed by atoms with van der Waals surface area (Å²) in [5.74, 6) is 0.839. The van der Waals surface area contributed by atoms with E-state index in [1.54, 1.807) is 0 Å². The van der Waals surface area contributed by atoms with Crippen molar-refractivity contribution in [3.8, 4) is 5.69 Å². The third-order valence-corrected chi connectivity index (χ3v) is 6.10. The first-order valence-corrected chi connectivity index (χ1v) is 10.2. The van der Waals surface area contributed by atoms with Gasteiger partial charge in [0.1, 0.15) is 11.2 Å². The molecule has 7 rings (SSSR count). The van der Waals surface area contributed by atoms with E-state index in [4.69, 9.17) is 21.0 Å². The molecule has 0 radical (unpaired) electrons. The van der Waals surface area contributed by atoms with Crippen molar-refractivity contribution < 1.29 is 4.42 Å². The monoisotopic (exact) mass is 407 g/mol. The van der Waals surface area contributed by atoms with Crippen molar-refractivity contribution in [1.29, 1.82) is 0 Å². The van der Waals surface area contributed by atoms with E-state index >= 15 is 0 Å². The molecule has 0 unspecified atom stereocenters. The fourth-order valence-electron chi connectivity index (χ4n) is 4.51. The predicted octanol–water partition coefficient (Wildman–Crippen LogP) is 6.98. The quantitative estimate of drug-likeness (QED) is 0.294. The summed E-state index contributed by atoms with van der Waals surface area (Å²) in [5.41, 5.74) is 6.76. The van der Waals surface area contributed by atoms with Gasteiger partial charge in [0.25, 0.3) is 0 Å². The van der Waals surface area contributed by atoms with Crippen molar-refractivity contribution in [2.24, 2.45) is 0 Å². The van der Waals surface area contributed by atoms with Crippen LogP contribution < -0.4 is 0 Å². The van der Waals surface area contributed by atoms with Crippen LogP contribution >= 0.6 is 11.6 Å². The molecule has 0 aliphatic heterocycles. The van der Waals surface area contributed by atoms with Gasteiger partial charge >= 0.3 is 0 Å². The van der Waals surface area contributed by atoms with Gasteiger partial charge in [-0.25, -0.2) is 4.98 Å². The molecular formula is C25H14ClN3O. The number of benzene rings is 4. The molecule has 0 N–H and O–H groups in total. The highest BCUT2D eigenvalue weighted by molar-refractivity contribution is 6.35. The lowest BCUT2D eigenvalue weighted by molar-refractivity contribution is 0.669. The Morgan fingerprint density at radius 3 is 2.47 bits per heavy atom. The molecule has 0 saturated heterocycles. The van der Waals surface area contributed by atoms with E-state index in [-0.39, 0.29) is 0 Å². The molecule has 0 spiro atoms. The van der Waals surface area contributed by atoms with Crippen LogP contribution in [0.3, 0.4) is 0 Å². The number of nitrogens with zero attached hydrogens (tertiary/aromatic N) is 3. The number of rotatable bonds is 1. The lowest BCUT2D eigenvalue weighted by Crippen LogP contribution is -1.94. The summed E-state index contributed by atoms with van der Waals surface area (Å²) in [6.45, 7) is 0. The molecule has 5 heteroatoms. The van der Waals surface area contributed by atoms with Gasteiger partial charge in [0, 0.05) is 10.8 Å². The fraction of sp³-hybridized carbons (Fsp3) is 0.